The van der Waals surface area contributed by atoms with Crippen LogP contribution in [0.5, 0.6) is 5.75 Å². The van der Waals surface area contributed by atoms with Crippen molar-refractivity contribution in [2.75, 3.05) is 0 Å². The predicted octanol–water partition coefficient (Wildman–Crippen LogP) is 8.15. The van der Waals surface area contributed by atoms with Gasteiger partial charge in [0.2, 0.25) is 5.91 Å². The number of unbranched alkanes of at least 4 members (excludes halogenated alkanes) is 12. The van der Waals surface area contributed by atoms with Crippen LogP contribution >= 0.6 is 0 Å². The molecule has 2 rings (SSSR count). The Morgan fingerprint density at radius 2 is 1.39 bits per heavy atom. The molecule has 5 heteroatoms. The number of amides is 1. The van der Waals surface area contributed by atoms with Crippen molar-refractivity contribution in [2.45, 2.75) is 104 Å². The topological polar surface area (TPSA) is 67.8 Å². The zero-order valence-electron chi connectivity index (χ0n) is 22.3. The van der Waals surface area contributed by atoms with E-state index in [1.807, 2.05) is 19.1 Å². The molecule has 2 aromatic rings. The number of benzene rings is 2. The molecule has 36 heavy (non-hydrogen) atoms. The number of nitrogens with one attached hydrogen (secondary N) is 1. The van der Waals surface area contributed by atoms with Crippen LogP contribution in [-0.2, 0) is 4.79 Å². The number of nitrogens with zero attached hydrogens (tertiary/aromatic N) is 1. The first-order valence-electron chi connectivity index (χ1n) is 13.8. The van der Waals surface area contributed by atoms with E-state index in [-0.39, 0.29) is 11.9 Å². The Kier molecular flexibility index (Phi) is 14.9. The third-order valence-electron chi connectivity index (χ3n) is 6.25. The third kappa shape index (κ3) is 13.2. The molecule has 0 heterocycles. The number of hydrogen-bond donors (Lipinski definition) is 1. The Bertz CT molecular complexity index is 922. The summed E-state index contributed by atoms with van der Waals surface area (Å²) >= 11 is 0. The highest BCUT2D eigenvalue weighted by molar-refractivity contribution is 5.91. The normalized spacial score (nSPS) is 11.1. The van der Waals surface area contributed by atoms with Gasteiger partial charge in [0.25, 0.3) is 0 Å². The quantitative estimate of drug-likeness (QED) is 0.0750. The minimum Gasteiger partial charge on any atom is -0.423 e. The molecule has 0 fully saturated rings. The van der Waals surface area contributed by atoms with Crippen LogP contribution in [0.1, 0.15) is 118 Å². The van der Waals surface area contributed by atoms with Gasteiger partial charge in [0.05, 0.1) is 11.8 Å². The van der Waals surface area contributed by atoms with Crippen LogP contribution in [0, 0.1) is 6.92 Å². The van der Waals surface area contributed by atoms with E-state index in [1.54, 1.807) is 42.6 Å². The lowest BCUT2D eigenvalue weighted by molar-refractivity contribution is -0.121. The van der Waals surface area contributed by atoms with Crippen molar-refractivity contribution >= 4 is 18.1 Å². The van der Waals surface area contributed by atoms with Crippen LogP contribution in [0.15, 0.2) is 53.6 Å². The van der Waals surface area contributed by atoms with E-state index in [0.29, 0.717) is 17.7 Å². The Morgan fingerprint density at radius 3 is 1.97 bits per heavy atom. The van der Waals surface area contributed by atoms with Crippen LogP contribution in [0.25, 0.3) is 0 Å². The first kappa shape index (κ1) is 29.3. The zero-order valence-corrected chi connectivity index (χ0v) is 22.3. The molecule has 0 bridgehead atoms. The predicted molar refractivity (Wildman–Crippen MR) is 149 cm³/mol. The summed E-state index contributed by atoms with van der Waals surface area (Å²) in [5.41, 5.74) is 4.93. The first-order chi connectivity index (χ1) is 17.6. The number of esters is 1. The molecule has 0 aliphatic carbocycles. The van der Waals surface area contributed by atoms with Gasteiger partial charge in [-0.2, -0.15) is 5.10 Å². The summed E-state index contributed by atoms with van der Waals surface area (Å²) in [5.74, 6) is 0.0173. The van der Waals surface area contributed by atoms with Gasteiger partial charge < -0.3 is 4.74 Å². The van der Waals surface area contributed by atoms with Crippen LogP contribution < -0.4 is 10.2 Å². The molecule has 5 nitrogen and oxygen atoms in total. The maximum Gasteiger partial charge on any atom is 0.343 e. The van der Waals surface area contributed by atoms with Crippen LogP contribution in [0.2, 0.25) is 0 Å². The Balaban J connectivity index is 1.51. The van der Waals surface area contributed by atoms with Crippen LogP contribution in [0.3, 0.4) is 0 Å². The summed E-state index contributed by atoms with van der Waals surface area (Å²) in [6.45, 7) is 4.20. The fourth-order valence-corrected chi connectivity index (χ4v) is 4.10. The van der Waals surface area contributed by atoms with Crippen molar-refractivity contribution in [2.24, 2.45) is 5.10 Å². The van der Waals surface area contributed by atoms with Crippen molar-refractivity contribution < 1.29 is 14.3 Å². The number of hydrazone groups is 1. The van der Waals surface area contributed by atoms with E-state index in [9.17, 15) is 9.59 Å². The average molecular weight is 493 g/mol. The van der Waals surface area contributed by atoms with Crippen molar-refractivity contribution in [3.63, 3.8) is 0 Å². The molecule has 0 radical (unpaired) electrons. The molecule has 0 saturated heterocycles. The third-order valence-corrected chi connectivity index (χ3v) is 6.25. The standard InChI is InChI=1S/C31H44N2O3/c1-3-4-5-6-7-8-9-10-11-12-13-14-15-19-30(34)33-32-25-27-20-22-29(23-21-27)36-31(35)28-18-16-17-26(2)24-28/h16-18,20-25H,3-15,19H2,1-2H3,(H,33,34)/b32-25+. The van der Waals surface area contributed by atoms with Crippen molar-refractivity contribution in [1.29, 1.82) is 0 Å². The minimum absolute atomic E-state index is 0.0574. The lowest BCUT2D eigenvalue weighted by atomic mass is 10.0. The van der Waals surface area contributed by atoms with Crippen molar-refractivity contribution in [1.82, 2.24) is 5.43 Å². The smallest absolute Gasteiger partial charge is 0.343 e. The maximum atomic E-state index is 12.2. The summed E-state index contributed by atoms with van der Waals surface area (Å²) in [6, 6.07) is 14.3. The number of rotatable bonds is 18. The molecule has 1 amide bonds. The molecular weight excluding hydrogens is 448 g/mol. The van der Waals surface area contributed by atoms with E-state index in [2.05, 4.69) is 17.5 Å². The van der Waals surface area contributed by atoms with Gasteiger partial charge in [0.15, 0.2) is 0 Å². The van der Waals surface area contributed by atoms with E-state index >= 15 is 0 Å². The van der Waals surface area contributed by atoms with Gasteiger partial charge in [-0.15, -0.1) is 0 Å². The van der Waals surface area contributed by atoms with Gasteiger partial charge in [-0.1, -0.05) is 102 Å². The number of carbonyl (C=O) groups is 2. The highest BCUT2D eigenvalue weighted by Crippen LogP contribution is 2.15. The molecule has 0 spiro atoms. The fraction of sp³-hybridized carbons (Fsp3) is 0.516. The van der Waals surface area contributed by atoms with Crippen LogP contribution in [-0.4, -0.2) is 18.1 Å². The monoisotopic (exact) mass is 492 g/mol. The van der Waals surface area contributed by atoms with E-state index in [1.165, 1.54) is 70.6 Å². The fourth-order valence-electron chi connectivity index (χ4n) is 4.10. The molecule has 0 unspecified atom stereocenters. The Morgan fingerprint density at radius 1 is 0.806 bits per heavy atom. The molecule has 0 aromatic heterocycles. The summed E-state index contributed by atoms with van der Waals surface area (Å²) in [7, 11) is 0. The van der Waals surface area contributed by atoms with Crippen LogP contribution in [0.4, 0.5) is 0 Å². The second kappa shape index (κ2) is 18.3. The number of aryl methyl sites for hydroxylation is 1. The minimum atomic E-state index is -0.388. The second-order valence-corrected chi connectivity index (χ2v) is 9.61. The molecular formula is C31H44N2O3. The maximum absolute atomic E-state index is 12.2. The number of ether oxygens (including phenoxy) is 1. The molecule has 0 saturated carbocycles. The largest absolute Gasteiger partial charge is 0.423 e. The summed E-state index contributed by atoms with van der Waals surface area (Å²) in [6.07, 6.45) is 18.9. The van der Waals surface area contributed by atoms with Gasteiger partial charge in [-0.3, -0.25) is 4.79 Å². The molecule has 0 aliphatic heterocycles. The number of carbonyl (C=O) groups excluding carboxylic acids is 2. The molecule has 0 atom stereocenters. The Hall–Kier alpha value is -2.95. The number of hydrogen-bond acceptors (Lipinski definition) is 4. The molecule has 0 aliphatic rings. The van der Waals surface area contributed by atoms with Gasteiger partial charge >= 0.3 is 5.97 Å². The SMILES string of the molecule is CCCCCCCCCCCCCCCC(=O)N/N=C/c1ccc(OC(=O)c2cccc(C)c2)cc1. The highest BCUT2D eigenvalue weighted by atomic mass is 16.5. The Labute approximate surface area is 217 Å². The van der Waals surface area contributed by atoms with Gasteiger partial charge in [0, 0.05) is 6.42 Å². The second-order valence-electron chi connectivity index (χ2n) is 9.61. The van der Waals surface area contributed by atoms with E-state index in [0.717, 1.165) is 24.0 Å². The van der Waals surface area contributed by atoms with E-state index < -0.39 is 0 Å². The zero-order chi connectivity index (χ0) is 25.8. The lowest BCUT2D eigenvalue weighted by Gasteiger charge is -2.05. The average Bonchev–Trinajstić information content (AvgIpc) is 2.88. The summed E-state index contributed by atoms with van der Waals surface area (Å²) in [5, 5.41) is 4.04. The highest BCUT2D eigenvalue weighted by Gasteiger charge is 2.08. The molecule has 2 aromatic carbocycles. The van der Waals surface area contributed by atoms with Gasteiger partial charge in [-0.05, 0) is 55.3 Å². The van der Waals surface area contributed by atoms with E-state index in [4.69, 9.17) is 4.74 Å². The lowest BCUT2D eigenvalue weighted by Crippen LogP contribution is -2.16. The van der Waals surface area contributed by atoms with Gasteiger partial charge in [0.1, 0.15) is 5.75 Å². The molecule has 1 N–H and O–H groups in total. The first-order valence-corrected chi connectivity index (χ1v) is 13.8. The van der Waals surface area contributed by atoms with Gasteiger partial charge in [-0.25, -0.2) is 10.2 Å². The van der Waals surface area contributed by atoms with Crippen molar-refractivity contribution in [3.8, 4) is 5.75 Å². The summed E-state index contributed by atoms with van der Waals surface area (Å²) in [4.78, 5) is 24.2. The van der Waals surface area contributed by atoms with Crippen molar-refractivity contribution in [3.05, 3.63) is 65.2 Å². The summed E-state index contributed by atoms with van der Waals surface area (Å²) < 4.78 is 5.41. The molecule has 196 valence electrons.